The van der Waals surface area contributed by atoms with Gasteiger partial charge in [0.2, 0.25) is 10.0 Å². The molecule has 0 spiro atoms. The van der Waals surface area contributed by atoms with E-state index < -0.39 is 19.7 Å². The Morgan fingerprint density at radius 2 is 1.45 bits per heavy atom. The van der Waals surface area contributed by atoms with Crippen molar-refractivity contribution in [3.8, 4) is 0 Å². The van der Waals surface area contributed by atoms with Crippen LogP contribution in [0.25, 0.3) is 11.0 Å². The van der Waals surface area contributed by atoms with Crippen LogP contribution in [-0.2, 0) is 19.7 Å². The summed E-state index contributed by atoms with van der Waals surface area (Å²) in [7, 11) is -6.41. The number of nitrogens with one attached hydrogen (secondary N) is 2. The number of anilines is 2. The Morgan fingerprint density at radius 3 is 2.02 bits per heavy atom. The van der Waals surface area contributed by atoms with E-state index in [2.05, 4.69) is 41.9 Å². The van der Waals surface area contributed by atoms with Crippen molar-refractivity contribution in [2.45, 2.75) is 29.6 Å². The number of hydrogen-bond donors (Lipinski definition) is 4. The van der Waals surface area contributed by atoms with Gasteiger partial charge in [-0.05, 0) is 92.4 Å². The third-order valence-electron chi connectivity index (χ3n) is 6.88. The van der Waals surface area contributed by atoms with Gasteiger partial charge in [-0.15, -0.1) is 0 Å². The van der Waals surface area contributed by atoms with Gasteiger partial charge in [0.15, 0.2) is 0 Å². The van der Waals surface area contributed by atoms with E-state index in [0.717, 1.165) is 35.3 Å². The summed E-state index contributed by atoms with van der Waals surface area (Å²) in [6.45, 7) is 1.81. The van der Waals surface area contributed by atoms with Gasteiger partial charge in [0.05, 0.1) is 60.8 Å². The lowest BCUT2D eigenvalue weighted by molar-refractivity contribution is 0.598. The third kappa shape index (κ3) is 9.23. The van der Waals surface area contributed by atoms with E-state index in [-0.39, 0.29) is 10.7 Å². The summed E-state index contributed by atoms with van der Waals surface area (Å²) in [5, 5.41) is 19.2. The molecule has 15 heteroatoms. The van der Waals surface area contributed by atoms with Crippen molar-refractivity contribution >= 4 is 59.4 Å². The van der Waals surface area contributed by atoms with Crippen LogP contribution in [-0.4, -0.2) is 44.9 Å². The van der Waals surface area contributed by atoms with Gasteiger partial charge >= 0.3 is 0 Å². The van der Waals surface area contributed by atoms with Crippen LogP contribution in [0.1, 0.15) is 31.0 Å². The van der Waals surface area contributed by atoms with Crippen molar-refractivity contribution in [1.82, 2.24) is 15.0 Å². The highest BCUT2D eigenvalue weighted by atomic mass is 32.2. The summed E-state index contributed by atoms with van der Waals surface area (Å²) in [5.74, 6) is 3.38. The molecule has 1 aliphatic rings. The quantitative estimate of drug-likeness (QED) is 0.0998. The van der Waals surface area contributed by atoms with E-state index in [1.54, 1.807) is 48.8 Å². The second-order valence-corrected chi connectivity index (χ2v) is 14.1. The highest BCUT2D eigenvalue weighted by Crippen LogP contribution is 2.33. The fraction of sp³-hybridized carbons (Fsp3) is 0.125. The molecule has 47 heavy (non-hydrogen) atoms. The fourth-order valence-electron chi connectivity index (χ4n) is 4.24. The van der Waals surface area contributed by atoms with E-state index in [4.69, 9.17) is 10.3 Å². The second kappa shape index (κ2) is 14.1. The number of hydrazone groups is 2. The smallest absolute Gasteiger partial charge is 0.238 e. The Morgan fingerprint density at radius 1 is 0.851 bits per heavy atom. The largest absolute Gasteiger partial charge is 0.278 e. The zero-order chi connectivity index (χ0) is 33.6. The molecule has 0 bridgehead atoms. The SMILES string of the molecule is C/C(=N\Nc1ccc(S(N)(=O)=O)cc1)c1cnc2ccccc2n1.C=S(N)(=O)c1ccc(N/N=C(/c2cncc(F)c2)C2CC2)cc1. The average molecular weight is 674 g/mol. The van der Waals surface area contributed by atoms with Crippen LogP contribution in [0.4, 0.5) is 15.8 Å². The van der Waals surface area contributed by atoms with Crippen molar-refractivity contribution in [1.29, 1.82) is 0 Å². The predicted octanol–water partition coefficient (Wildman–Crippen LogP) is 4.51. The number of sulfonamides is 1. The Bertz CT molecular complexity index is 2170. The maximum absolute atomic E-state index is 13.3. The molecule has 1 atom stereocenters. The molecule has 1 saturated carbocycles. The van der Waals surface area contributed by atoms with Gasteiger partial charge in [-0.2, -0.15) is 10.2 Å². The molecule has 0 saturated heterocycles. The summed E-state index contributed by atoms with van der Waals surface area (Å²) < 4.78 is 47.4. The normalized spacial score (nSPS) is 14.9. The van der Waals surface area contributed by atoms with Crippen LogP contribution in [0.3, 0.4) is 0 Å². The molecule has 2 heterocycles. The number of halogens is 1. The van der Waals surface area contributed by atoms with E-state index in [1.807, 2.05) is 31.2 Å². The second-order valence-electron chi connectivity index (χ2n) is 10.6. The first-order valence-electron chi connectivity index (χ1n) is 14.2. The number of nitrogens with two attached hydrogens (primary N) is 2. The van der Waals surface area contributed by atoms with Crippen molar-refractivity contribution in [2.24, 2.45) is 26.4 Å². The molecule has 6 rings (SSSR count). The van der Waals surface area contributed by atoms with Gasteiger partial charge in [0.25, 0.3) is 0 Å². The average Bonchev–Trinajstić information content (AvgIpc) is 3.89. The monoisotopic (exact) mass is 673 g/mol. The Labute approximate surface area is 272 Å². The molecule has 242 valence electrons. The minimum absolute atomic E-state index is 0.0501. The lowest BCUT2D eigenvalue weighted by Gasteiger charge is -2.08. The number of aromatic nitrogens is 3. The van der Waals surface area contributed by atoms with Crippen LogP contribution in [0, 0.1) is 11.7 Å². The topological polar surface area (TPSA) is 191 Å². The molecule has 1 unspecified atom stereocenters. The molecule has 2 aromatic heterocycles. The summed E-state index contributed by atoms with van der Waals surface area (Å²) in [4.78, 5) is 13.2. The fourth-order valence-corrected chi connectivity index (χ4v) is 5.35. The lowest BCUT2D eigenvalue weighted by Crippen LogP contribution is -2.11. The maximum atomic E-state index is 13.3. The number of primary sulfonamides is 1. The van der Waals surface area contributed by atoms with Gasteiger partial charge in [-0.25, -0.2) is 27.1 Å². The van der Waals surface area contributed by atoms with E-state index in [9.17, 15) is 17.0 Å². The lowest BCUT2D eigenvalue weighted by atomic mass is 10.1. The van der Waals surface area contributed by atoms with E-state index in [1.165, 1.54) is 24.4 Å². The molecule has 1 fully saturated rings. The zero-order valence-corrected chi connectivity index (χ0v) is 26.9. The summed E-state index contributed by atoms with van der Waals surface area (Å²) in [6, 6.07) is 21.8. The molecular formula is C32H32FN9O3S2. The third-order valence-corrected chi connectivity index (χ3v) is 8.88. The standard InChI is InChI=1S/C16H17FN4OS.C16H15N5O2S/c1-23(18,22)15-6-4-14(5-7-15)20-21-16(11-2-3-11)12-8-13(17)10-19-9-12;1-11(16-10-18-14-4-2-3-5-15(14)19-16)20-21-12-6-8-13(9-7-12)24(17,22)23/h4-11,20H,1-3H2,(H2,18,22);2-10,21H,1H3,(H2,17,22,23)/b21-16+;20-11+. The van der Waals surface area contributed by atoms with Gasteiger partial charge in [-0.1, -0.05) is 12.1 Å². The Kier molecular flexibility index (Phi) is 10.0. The highest BCUT2D eigenvalue weighted by Gasteiger charge is 2.29. The van der Waals surface area contributed by atoms with E-state index >= 15 is 0 Å². The molecule has 3 aromatic carbocycles. The summed E-state index contributed by atoms with van der Waals surface area (Å²) in [5.41, 5.74) is 11.6. The molecule has 6 N–H and O–H groups in total. The van der Waals surface area contributed by atoms with E-state index in [0.29, 0.717) is 33.5 Å². The van der Waals surface area contributed by atoms with Crippen LogP contribution < -0.4 is 21.1 Å². The first kappa shape index (κ1) is 33.3. The van der Waals surface area contributed by atoms with Crippen molar-refractivity contribution < 1.29 is 17.0 Å². The highest BCUT2D eigenvalue weighted by molar-refractivity contribution is 7.98. The number of rotatable bonds is 9. The molecule has 0 radical (unpaired) electrons. The van der Waals surface area contributed by atoms with Crippen LogP contribution >= 0.6 is 0 Å². The van der Waals surface area contributed by atoms with Crippen molar-refractivity contribution in [3.05, 3.63) is 115 Å². The van der Waals surface area contributed by atoms with Crippen LogP contribution in [0.2, 0.25) is 0 Å². The van der Waals surface area contributed by atoms with Crippen molar-refractivity contribution in [3.63, 3.8) is 0 Å². The summed E-state index contributed by atoms with van der Waals surface area (Å²) >= 11 is 0. The molecule has 0 amide bonds. The molecular weight excluding hydrogens is 642 g/mol. The molecule has 0 aliphatic heterocycles. The predicted molar refractivity (Wildman–Crippen MR) is 184 cm³/mol. The van der Waals surface area contributed by atoms with Gasteiger partial charge in [0, 0.05) is 22.6 Å². The minimum Gasteiger partial charge on any atom is -0.278 e. The number of fused-ring (bicyclic) bond motifs is 1. The Hall–Kier alpha value is -5.09. The van der Waals surface area contributed by atoms with Crippen molar-refractivity contribution in [2.75, 3.05) is 10.9 Å². The number of nitrogens with zero attached hydrogens (tertiary/aromatic N) is 5. The van der Waals surface area contributed by atoms with Gasteiger partial charge in [0.1, 0.15) is 11.5 Å². The Balaban J connectivity index is 0.000000185. The first-order valence-corrected chi connectivity index (χ1v) is 17.6. The van der Waals surface area contributed by atoms with Crippen LogP contribution in [0.15, 0.2) is 117 Å². The molecule has 12 nitrogen and oxygen atoms in total. The van der Waals surface area contributed by atoms with Gasteiger partial charge < -0.3 is 0 Å². The molecule has 1 aliphatic carbocycles. The number of para-hydroxylation sites is 2. The zero-order valence-electron chi connectivity index (χ0n) is 25.2. The van der Waals surface area contributed by atoms with Gasteiger partial charge in [-0.3, -0.25) is 26.0 Å². The maximum Gasteiger partial charge on any atom is 0.238 e. The minimum atomic E-state index is -3.70. The van der Waals surface area contributed by atoms with Crippen LogP contribution in [0.5, 0.6) is 0 Å². The number of hydrogen-bond acceptors (Lipinski definition) is 10. The first-order chi connectivity index (χ1) is 22.4. The molecule has 5 aromatic rings. The number of pyridine rings is 1. The summed E-state index contributed by atoms with van der Waals surface area (Å²) in [6.07, 6.45) is 6.51. The number of benzene rings is 3.